The van der Waals surface area contributed by atoms with E-state index in [1.54, 1.807) is 0 Å². The first-order chi connectivity index (χ1) is 15.0. The summed E-state index contributed by atoms with van der Waals surface area (Å²) in [5, 5.41) is 0. The first kappa shape index (κ1) is 27.1. The number of ether oxygens (including phenoxy) is 2. The van der Waals surface area contributed by atoms with E-state index in [1.165, 1.54) is 12.8 Å². The Labute approximate surface area is 197 Å². The van der Waals surface area contributed by atoms with Crippen LogP contribution in [0, 0.1) is 35.5 Å². The molecular formula is C27H49NO4. The van der Waals surface area contributed by atoms with E-state index in [1.807, 2.05) is 18.7 Å². The zero-order valence-electron chi connectivity index (χ0n) is 21.9. The fraction of sp³-hybridized carbons (Fsp3) is 0.926. The molecule has 0 amide bonds. The molecule has 0 N–H and O–H groups in total. The van der Waals surface area contributed by atoms with Gasteiger partial charge in [0.2, 0.25) is 0 Å². The number of rotatable bonds is 9. The first-order valence-electron chi connectivity index (χ1n) is 13.1. The lowest BCUT2D eigenvalue weighted by Gasteiger charge is -2.38. The fourth-order valence-electron chi connectivity index (χ4n) is 5.67. The van der Waals surface area contributed by atoms with Crippen LogP contribution in [-0.4, -0.2) is 48.2 Å². The van der Waals surface area contributed by atoms with Crippen molar-refractivity contribution in [2.24, 2.45) is 35.5 Å². The first-order valence-corrected chi connectivity index (χ1v) is 13.1. The molecule has 32 heavy (non-hydrogen) atoms. The number of nitrogens with zero attached hydrogens (tertiary/aromatic N) is 1. The van der Waals surface area contributed by atoms with Gasteiger partial charge in [-0.15, -0.1) is 0 Å². The van der Waals surface area contributed by atoms with Gasteiger partial charge in [0.05, 0.1) is 13.1 Å². The summed E-state index contributed by atoms with van der Waals surface area (Å²) >= 11 is 0. The van der Waals surface area contributed by atoms with Crippen LogP contribution in [-0.2, 0) is 19.1 Å². The van der Waals surface area contributed by atoms with Crippen LogP contribution in [0.1, 0.15) is 93.9 Å². The number of carbonyl (C=O) groups is 2. The van der Waals surface area contributed by atoms with Crippen LogP contribution in [0.2, 0.25) is 0 Å². The molecule has 0 saturated heterocycles. The number of hydrogen-bond acceptors (Lipinski definition) is 5. The maximum absolute atomic E-state index is 12.8. The zero-order valence-corrected chi connectivity index (χ0v) is 21.9. The zero-order chi connectivity index (χ0) is 24.0. The van der Waals surface area contributed by atoms with Crippen molar-refractivity contribution in [3.8, 4) is 0 Å². The van der Waals surface area contributed by atoms with Crippen molar-refractivity contribution in [1.29, 1.82) is 0 Å². The van der Waals surface area contributed by atoms with Crippen molar-refractivity contribution in [3.63, 3.8) is 0 Å². The van der Waals surface area contributed by atoms with Gasteiger partial charge in [-0.25, -0.2) is 0 Å². The molecular weight excluding hydrogens is 402 g/mol. The van der Waals surface area contributed by atoms with Gasteiger partial charge in [-0.05, 0) is 75.0 Å². The van der Waals surface area contributed by atoms with Crippen molar-refractivity contribution >= 4 is 11.9 Å². The molecule has 0 radical (unpaired) electrons. The summed E-state index contributed by atoms with van der Waals surface area (Å²) in [5.41, 5.74) is 0. The Kier molecular flexibility index (Phi) is 10.5. The third-order valence-corrected chi connectivity index (χ3v) is 7.88. The second kappa shape index (κ2) is 12.4. The topological polar surface area (TPSA) is 55.8 Å². The van der Waals surface area contributed by atoms with E-state index >= 15 is 0 Å². The van der Waals surface area contributed by atoms with Gasteiger partial charge in [0.15, 0.2) is 0 Å². The van der Waals surface area contributed by atoms with Crippen molar-refractivity contribution < 1.29 is 19.1 Å². The van der Waals surface area contributed by atoms with Gasteiger partial charge >= 0.3 is 11.9 Å². The normalized spacial score (nSPS) is 31.4. The number of hydrogen-bond donors (Lipinski definition) is 0. The molecule has 5 nitrogen and oxygen atoms in total. The predicted octanol–water partition coefficient (Wildman–Crippen LogP) is 5.70. The highest BCUT2D eigenvalue weighted by Gasteiger charge is 2.35. The van der Waals surface area contributed by atoms with Crippen LogP contribution < -0.4 is 0 Å². The van der Waals surface area contributed by atoms with Crippen LogP contribution >= 0.6 is 0 Å². The number of carbonyl (C=O) groups excluding carboxylic acids is 2. The van der Waals surface area contributed by atoms with Gasteiger partial charge in [-0.2, -0.15) is 0 Å². The maximum Gasteiger partial charge on any atom is 0.320 e. The Bertz CT molecular complexity index is 554. The Morgan fingerprint density at radius 3 is 1.41 bits per heavy atom. The molecule has 2 aliphatic rings. The summed E-state index contributed by atoms with van der Waals surface area (Å²) in [6.07, 6.45) is 6.51. The smallest absolute Gasteiger partial charge is 0.320 e. The molecule has 0 unspecified atom stereocenters. The van der Waals surface area contributed by atoms with E-state index in [0.717, 1.165) is 25.7 Å². The molecule has 0 spiro atoms. The van der Waals surface area contributed by atoms with Gasteiger partial charge in [0.25, 0.3) is 0 Å². The van der Waals surface area contributed by atoms with Crippen molar-refractivity contribution in [1.82, 2.24) is 4.90 Å². The van der Waals surface area contributed by atoms with Gasteiger partial charge in [-0.3, -0.25) is 14.5 Å². The lowest BCUT2D eigenvalue weighted by molar-refractivity contribution is -0.161. The van der Waals surface area contributed by atoms with E-state index in [4.69, 9.17) is 9.47 Å². The van der Waals surface area contributed by atoms with Crippen LogP contribution in [0.15, 0.2) is 0 Å². The van der Waals surface area contributed by atoms with Gasteiger partial charge in [0.1, 0.15) is 12.2 Å². The molecule has 6 atom stereocenters. The highest BCUT2D eigenvalue weighted by Crippen LogP contribution is 2.36. The average molecular weight is 452 g/mol. The monoisotopic (exact) mass is 451 g/mol. The maximum atomic E-state index is 12.8. The summed E-state index contributed by atoms with van der Waals surface area (Å²) in [4.78, 5) is 27.6. The fourth-order valence-corrected chi connectivity index (χ4v) is 5.67. The minimum Gasteiger partial charge on any atom is -0.461 e. The van der Waals surface area contributed by atoms with Gasteiger partial charge in [-0.1, -0.05) is 54.4 Å². The minimum absolute atomic E-state index is 0.0114. The number of esters is 2. The molecule has 2 saturated carbocycles. The van der Waals surface area contributed by atoms with E-state index in [2.05, 4.69) is 41.5 Å². The van der Waals surface area contributed by atoms with E-state index in [0.29, 0.717) is 35.5 Å². The lowest BCUT2D eigenvalue weighted by atomic mass is 9.75. The molecule has 0 aromatic heterocycles. The van der Waals surface area contributed by atoms with Crippen molar-refractivity contribution in [2.45, 2.75) is 112 Å². The van der Waals surface area contributed by atoms with Crippen molar-refractivity contribution in [2.75, 3.05) is 13.1 Å². The Morgan fingerprint density at radius 2 is 1.09 bits per heavy atom. The minimum atomic E-state index is -0.220. The van der Waals surface area contributed by atoms with Crippen molar-refractivity contribution in [3.05, 3.63) is 0 Å². The molecule has 0 heterocycles. The summed E-state index contributed by atoms with van der Waals surface area (Å²) in [5.74, 6) is 2.59. The summed E-state index contributed by atoms with van der Waals surface area (Å²) in [7, 11) is 0. The van der Waals surface area contributed by atoms with Crippen LogP contribution in [0.4, 0.5) is 0 Å². The third-order valence-electron chi connectivity index (χ3n) is 7.88. The van der Waals surface area contributed by atoms with Crippen LogP contribution in [0.5, 0.6) is 0 Å². The molecule has 2 aliphatic carbocycles. The quantitative estimate of drug-likeness (QED) is 0.421. The summed E-state index contributed by atoms with van der Waals surface area (Å²) in [6, 6.07) is 0.0625. The largest absolute Gasteiger partial charge is 0.461 e. The van der Waals surface area contributed by atoms with E-state index in [9.17, 15) is 9.59 Å². The molecule has 0 aromatic rings. The Morgan fingerprint density at radius 1 is 0.719 bits per heavy atom. The predicted molar refractivity (Wildman–Crippen MR) is 129 cm³/mol. The highest BCUT2D eigenvalue weighted by atomic mass is 16.6. The molecule has 2 fully saturated rings. The third kappa shape index (κ3) is 8.04. The van der Waals surface area contributed by atoms with E-state index < -0.39 is 0 Å². The summed E-state index contributed by atoms with van der Waals surface area (Å²) < 4.78 is 12.0. The molecule has 0 aliphatic heterocycles. The van der Waals surface area contributed by atoms with Gasteiger partial charge in [0, 0.05) is 6.04 Å². The molecule has 0 bridgehead atoms. The Hall–Kier alpha value is -1.10. The van der Waals surface area contributed by atoms with E-state index in [-0.39, 0.29) is 43.3 Å². The second-order valence-corrected chi connectivity index (χ2v) is 11.7. The average Bonchev–Trinajstić information content (AvgIpc) is 2.66. The molecule has 2 rings (SSSR count). The molecule has 186 valence electrons. The Balaban J connectivity index is 1.93. The standard InChI is InChI=1S/C27H49NO4/c1-17(2)22-11-9-20(7)13-24(22)31-26(29)15-28(19(5)6)16-27(30)32-25-14-21(8)10-12-23(25)18(3)4/h17-25H,9-16H2,1-8H3/t20-,21-,22+,23+,24-,25-/m1/s1. The molecule has 0 aromatic carbocycles. The lowest BCUT2D eigenvalue weighted by Crippen LogP contribution is -2.44. The SMILES string of the molecule is CC(C)[C@@H]1CC[C@@H](C)C[C@H]1OC(=O)CN(CC(=O)O[C@@H]1C[C@H](C)CC[C@H]1C(C)C)C(C)C. The highest BCUT2D eigenvalue weighted by molar-refractivity contribution is 5.75. The molecule has 5 heteroatoms. The second-order valence-electron chi connectivity index (χ2n) is 11.7. The van der Waals surface area contributed by atoms with Crippen LogP contribution in [0.3, 0.4) is 0 Å². The van der Waals surface area contributed by atoms with Crippen LogP contribution in [0.25, 0.3) is 0 Å². The summed E-state index contributed by atoms with van der Waals surface area (Å²) in [6.45, 7) is 17.6. The van der Waals surface area contributed by atoms with Gasteiger partial charge < -0.3 is 9.47 Å².